The third-order valence-corrected chi connectivity index (χ3v) is 4.56. The molecule has 0 bridgehead atoms. The summed E-state index contributed by atoms with van der Waals surface area (Å²) in [6, 6.07) is 11.6. The van der Waals surface area contributed by atoms with E-state index in [1.807, 2.05) is 49.5 Å². The molecule has 122 valence electrons. The number of para-hydroxylation sites is 2. The van der Waals surface area contributed by atoms with Crippen molar-refractivity contribution in [2.24, 2.45) is 0 Å². The molecule has 2 aromatic carbocycles. The molecular weight excluding hydrogens is 302 g/mol. The molecule has 5 heteroatoms. The van der Waals surface area contributed by atoms with Crippen molar-refractivity contribution in [3.8, 4) is 5.75 Å². The van der Waals surface area contributed by atoms with Crippen molar-refractivity contribution < 1.29 is 9.84 Å². The van der Waals surface area contributed by atoms with E-state index in [0.29, 0.717) is 17.1 Å². The first-order valence-corrected chi connectivity index (χ1v) is 7.85. The van der Waals surface area contributed by atoms with Crippen LogP contribution in [0.4, 0.5) is 0 Å². The topological polar surface area (TPSA) is 73.9 Å². The highest BCUT2D eigenvalue weighted by Gasteiger charge is 2.35. The zero-order valence-electron chi connectivity index (χ0n) is 13.8. The summed E-state index contributed by atoms with van der Waals surface area (Å²) in [4.78, 5) is 11.0. The molecule has 0 amide bonds. The van der Waals surface area contributed by atoms with Crippen molar-refractivity contribution >= 4 is 21.9 Å². The SMILES string of the molecule is COc1cc(C)c2[nH]ccc2c1C(C)(O)c1nc2ccccc2[nH]1. The summed E-state index contributed by atoms with van der Waals surface area (Å²) in [6.45, 7) is 3.76. The second kappa shape index (κ2) is 5.11. The highest BCUT2D eigenvalue weighted by molar-refractivity contribution is 5.89. The fourth-order valence-electron chi connectivity index (χ4n) is 3.34. The van der Waals surface area contributed by atoms with Crippen LogP contribution in [0.15, 0.2) is 42.6 Å². The minimum atomic E-state index is -1.32. The van der Waals surface area contributed by atoms with Crippen molar-refractivity contribution in [3.63, 3.8) is 0 Å². The van der Waals surface area contributed by atoms with E-state index in [4.69, 9.17) is 4.74 Å². The van der Waals surface area contributed by atoms with Gasteiger partial charge in [-0.15, -0.1) is 0 Å². The number of benzene rings is 2. The molecule has 0 saturated heterocycles. The fourth-order valence-corrected chi connectivity index (χ4v) is 3.34. The Morgan fingerprint density at radius 2 is 2.00 bits per heavy atom. The average molecular weight is 321 g/mol. The maximum atomic E-state index is 11.4. The van der Waals surface area contributed by atoms with Crippen LogP contribution in [-0.2, 0) is 5.60 Å². The molecule has 0 aliphatic heterocycles. The predicted molar refractivity (Wildman–Crippen MR) is 94.4 cm³/mol. The van der Waals surface area contributed by atoms with Gasteiger partial charge in [-0.05, 0) is 43.7 Å². The molecule has 5 nitrogen and oxygen atoms in total. The van der Waals surface area contributed by atoms with E-state index in [0.717, 1.165) is 27.5 Å². The van der Waals surface area contributed by atoms with Crippen LogP contribution >= 0.6 is 0 Å². The van der Waals surface area contributed by atoms with Crippen LogP contribution in [0.1, 0.15) is 23.9 Å². The van der Waals surface area contributed by atoms with E-state index in [1.165, 1.54) is 0 Å². The number of hydrogen-bond acceptors (Lipinski definition) is 3. The number of aromatic amines is 2. The number of nitrogens with zero attached hydrogens (tertiary/aromatic N) is 1. The monoisotopic (exact) mass is 321 g/mol. The van der Waals surface area contributed by atoms with Gasteiger partial charge in [0, 0.05) is 22.7 Å². The Morgan fingerprint density at radius 1 is 1.21 bits per heavy atom. The normalized spacial score (nSPS) is 14.2. The van der Waals surface area contributed by atoms with Gasteiger partial charge in [0.05, 0.1) is 18.1 Å². The first-order chi connectivity index (χ1) is 11.5. The number of rotatable bonds is 3. The Labute approximate surface area is 139 Å². The summed E-state index contributed by atoms with van der Waals surface area (Å²) in [5, 5.41) is 12.3. The van der Waals surface area contributed by atoms with Gasteiger partial charge in [0.2, 0.25) is 0 Å². The lowest BCUT2D eigenvalue weighted by atomic mass is 9.90. The second-order valence-corrected chi connectivity index (χ2v) is 6.21. The molecule has 0 aliphatic carbocycles. The molecular formula is C19H19N3O2. The van der Waals surface area contributed by atoms with Gasteiger partial charge in [-0.2, -0.15) is 0 Å². The minimum Gasteiger partial charge on any atom is -0.496 e. The number of imidazole rings is 1. The fraction of sp³-hybridized carbons (Fsp3) is 0.211. The van der Waals surface area contributed by atoms with Gasteiger partial charge in [-0.1, -0.05) is 12.1 Å². The third kappa shape index (κ3) is 2.02. The lowest BCUT2D eigenvalue weighted by Crippen LogP contribution is -2.25. The summed E-state index contributed by atoms with van der Waals surface area (Å²) in [5.74, 6) is 1.14. The van der Waals surface area contributed by atoms with Crippen molar-refractivity contribution in [2.75, 3.05) is 7.11 Å². The molecule has 24 heavy (non-hydrogen) atoms. The highest BCUT2D eigenvalue weighted by atomic mass is 16.5. The van der Waals surface area contributed by atoms with Crippen LogP contribution in [0.25, 0.3) is 21.9 Å². The molecule has 1 unspecified atom stereocenters. The highest BCUT2D eigenvalue weighted by Crippen LogP contribution is 2.40. The van der Waals surface area contributed by atoms with Crippen LogP contribution < -0.4 is 4.74 Å². The first kappa shape index (κ1) is 14.8. The van der Waals surface area contributed by atoms with Crippen molar-refractivity contribution in [2.45, 2.75) is 19.4 Å². The quantitative estimate of drug-likeness (QED) is 0.539. The van der Waals surface area contributed by atoms with Gasteiger partial charge < -0.3 is 19.8 Å². The molecule has 0 aliphatic rings. The average Bonchev–Trinajstić information content (AvgIpc) is 3.21. The summed E-state index contributed by atoms with van der Waals surface area (Å²) in [5.41, 5.74) is 3.15. The van der Waals surface area contributed by atoms with Gasteiger partial charge in [-0.25, -0.2) is 4.98 Å². The zero-order valence-corrected chi connectivity index (χ0v) is 13.8. The Bertz CT molecular complexity index is 1010. The minimum absolute atomic E-state index is 0.494. The number of H-pyrrole nitrogens is 2. The number of fused-ring (bicyclic) bond motifs is 2. The van der Waals surface area contributed by atoms with Gasteiger partial charge in [0.1, 0.15) is 17.2 Å². The number of nitrogens with one attached hydrogen (secondary N) is 2. The molecule has 4 aromatic rings. The maximum Gasteiger partial charge on any atom is 0.148 e. The molecule has 0 spiro atoms. The molecule has 0 fully saturated rings. The van der Waals surface area contributed by atoms with Crippen LogP contribution in [0.3, 0.4) is 0 Å². The third-order valence-electron chi connectivity index (χ3n) is 4.56. The Balaban J connectivity index is 2.01. The number of aliphatic hydroxyl groups is 1. The van der Waals surface area contributed by atoms with E-state index in [1.54, 1.807) is 14.0 Å². The Kier molecular flexibility index (Phi) is 3.15. The van der Waals surface area contributed by atoms with E-state index < -0.39 is 5.60 Å². The van der Waals surface area contributed by atoms with Gasteiger partial charge in [0.15, 0.2) is 0 Å². The van der Waals surface area contributed by atoms with Gasteiger partial charge in [0.25, 0.3) is 0 Å². The summed E-state index contributed by atoms with van der Waals surface area (Å²) in [7, 11) is 1.62. The zero-order chi connectivity index (χ0) is 16.9. The summed E-state index contributed by atoms with van der Waals surface area (Å²) in [6.07, 6.45) is 1.87. The maximum absolute atomic E-state index is 11.4. The summed E-state index contributed by atoms with van der Waals surface area (Å²) >= 11 is 0. The lowest BCUT2D eigenvalue weighted by molar-refractivity contribution is 0.0921. The van der Waals surface area contributed by atoms with Crippen LogP contribution in [0, 0.1) is 6.92 Å². The molecule has 0 saturated carbocycles. The Morgan fingerprint density at radius 3 is 2.75 bits per heavy atom. The van der Waals surface area contributed by atoms with Gasteiger partial charge in [-0.3, -0.25) is 0 Å². The van der Waals surface area contributed by atoms with E-state index in [9.17, 15) is 5.11 Å². The number of methoxy groups -OCH3 is 1. The number of ether oxygens (including phenoxy) is 1. The number of aryl methyl sites for hydroxylation is 1. The van der Waals surface area contributed by atoms with E-state index in [2.05, 4.69) is 15.0 Å². The molecule has 2 heterocycles. The smallest absolute Gasteiger partial charge is 0.148 e. The number of aromatic nitrogens is 3. The van der Waals surface area contributed by atoms with Crippen molar-refractivity contribution in [3.05, 3.63) is 59.5 Å². The molecule has 4 rings (SSSR count). The predicted octanol–water partition coefficient (Wildman–Crippen LogP) is 3.62. The van der Waals surface area contributed by atoms with E-state index >= 15 is 0 Å². The molecule has 3 N–H and O–H groups in total. The van der Waals surface area contributed by atoms with Crippen LogP contribution in [0.5, 0.6) is 5.75 Å². The van der Waals surface area contributed by atoms with Crippen molar-refractivity contribution in [1.29, 1.82) is 0 Å². The van der Waals surface area contributed by atoms with Crippen LogP contribution in [0.2, 0.25) is 0 Å². The molecule has 1 atom stereocenters. The standard InChI is InChI=1S/C19H19N3O2/c1-11-10-15(24-3)16(12-8-9-20-17(11)12)19(2,23)18-21-13-6-4-5-7-14(13)22-18/h4-10,20,23H,1-3H3,(H,21,22). The summed E-state index contributed by atoms with van der Waals surface area (Å²) < 4.78 is 5.57. The van der Waals surface area contributed by atoms with E-state index in [-0.39, 0.29) is 0 Å². The first-order valence-electron chi connectivity index (χ1n) is 7.85. The van der Waals surface area contributed by atoms with Crippen molar-refractivity contribution in [1.82, 2.24) is 15.0 Å². The molecule has 2 aromatic heterocycles. The van der Waals surface area contributed by atoms with Gasteiger partial charge >= 0.3 is 0 Å². The lowest BCUT2D eigenvalue weighted by Gasteiger charge is -2.25. The largest absolute Gasteiger partial charge is 0.496 e. The number of hydrogen-bond donors (Lipinski definition) is 3. The molecule has 0 radical (unpaired) electrons. The Hall–Kier alpha value is -2.79. The second-order valence-electron chi connectivity index (χ2n) is 6.21. The van der Waals surface area contributed by atoms with Crippen LogP contribution in [-0.4, -0.2) is 27.2 Å².